The Morgan fingerprint density at radius 2 is 0.550 bits per heavy atom. The summed E-state index contributed by atoms with van der Waals surface area (Å²) < 4.78 is 82.8. The molecule has 18 aliphatic rings. The molecule has 762 valence electrons. The second-order valence-electron chi connectivity index (χ2n) is 39.6. The molecule has 18 rings (SSSR count). The lowest BCUT2D eigenvalue weighted by Gasteiger charge is -2.36. The van der Waals surface area contributed by atoms with Crippen molar-refractivity contribution in [3.05, 3.63) is 0 Å². The third-order valence-electron chi connectivity index (χ3n) is 33.0. The van der Waals surface area contributed by atoms with Crippen LogP contribution in [-0.4, -0.2) is 187 Å². The molecule has 0 radical (unpaired) electrons. The van der Waals surface area contributed by atoms with Crippen LogP contribution in [-0.2, 0) is 129 Å². The summed E-state index contributed by atoms with van der Waals surface area (Å²) in [7, 11) is 1.63. The lowest BCUT2D eigenvalue weighted by Crippen LogP contribution is -2.47. The van der Waals surface area contributed by atoms with Crippen LogP contribution in [0.3, 0.4) is 0 Å². The molecule has 0 N–H and O–H groups in total. The van der Waals surface area contributed by atoms with E-state index in [-0.39, 0.29) is 352 Å². The minimum Gasteiger partial charge on any atom is -0.465 e. The van der Waals surface area contributed by atoms with Gasteiger partial charge in [-0.1, -0.05) is 165 Å². The van der Waals surface area contributed by atoms with E-state index in [9.17, 15) is 57.5 Å². The van der Waals surface area contributed by atoms with Gasteiger partial charge in [0.1, 0.15) is 36.6 Å². The molecule has 131 heavy (non-hydrogen) atoms. The van der Waals surface area contributed by atoms with Crippen molar-refractivity contribution in [3.8, 4) is 0 Å². The number of fused-ring (bicyclic) bond motifs is 30. The topological polar surface area (TPSA) is 343 Å². The summed E-state index contributed by atoms with van der Waals surface area (Å²) in [6, 6.07) is 0. The van der Waals surface area contributed by atoms with Crippen LogP contribution in [0.4, 0.5) is 0 Å². The highest BCUT2D eigenvalue weighted by molar-refractivity contribution is 5.81. The van der Waals surface area contributed by atoms with Crippen LogP contribution in [0.15, 0.2) is 0 Å². The summed E-state index contributed by atoms with van der Waals surface area (Å²) in [4.78, 5) is 143. The van der Waals surface area contributed by atoms with Crippen molar-refractivity contribution in [1.29, 1.82) is 0 Å². The number of esters is 12. The lowest BCUT2D eigenvalue weighted by atomic mass is 9.74. The number of carbonyl (C=O) groups excluding carboxylic acids is 12. The fraction of sp³-hybridized carbons (Fsp3) is 0.885. The number of hydrogen-bond donors (Lipinski definition) is 0. The molecule has 12 aliphatic carbocycles. The van der Waals surface area contributed by atoms with E-state index in [1.165, 1.54) is 0 Å². The quantitative estimate of drug-likeness (QED) is 0.0677. The third-order valence-corrected chi connectivity index (χ3v) is 33.0. The van der Waals surface area contributed by atoms with Crippen LogP contribution in [0.1, 0.15) is 297 Å². The molecule has 12 saturated carbocycles. The zero-order valence-electron chi connectivity index (χ0n) is 73.5. The highest BCUT2D eigenvalue weighted by Crippen LogP contribution is 2.63. The average molecular weight is 1870 g/mol. The van der Waals surface area contributed by atoms with Gasteiger partial charge in [-0.15, -0.1) is 0 Å². The zero-order chi connectivity index (χ0) is 86.0. The Bertz CT molecular complexity index is 3740. The minimum absolute atomic E-state index is 0. The Morgan fingerprint density at radius 3 is 0.863 bits per heavy atom. The summed E-state index contributed by atoms with van der Waals surface area (Å²) >= 11 is 0. The zero-order valence-corrected chi connectivity index (χ0v) is 73.5. The molecule has 38 unspecified atom stereocenters. The first kappa shape index (κ1) is 123. The average Bonchev–Trinajstić information content (AvgIpc) is 1.58. The standard InChI is InChI=1S/C17H26O5.C16H24O5.C15H22O5.2C15H22O4.C14H20O4.12CH4/c1-5-17(3,4)16(19)22-14-9-7-10(13(14)20-6-2)12-11(9)8-21-15(12)18;1-4-8(3)15(17)21-14-9-6-10(13(14)19-5-2)12-11(9)7-20-16(12)18;1-4-7(2)14(16)20-13-8-5-9(12(13)18-3)11-10(8)6-19-15(11)17;1-4-15(2,3)14(17)19-11-6-8-5-9(11)12-10(8)7-18-13(12)16;1-4-7(2)14(16)19-13-8(3)9-5-10(13)11-6-18-15(17)12(9)11;1-3-7(2)13(15)18-11-5-8-4-9(11)12-10(8)6-17-14(12)16;;;;;;;;;;;;/h9-14H,5-8H2,1-4H3;8-14H,4-7H2,1-3H3;7-13H,4-6H2,1-3H3;8-12H,4-7H2,1-3H3;7-13H,4-6H2,1-3H3;7-12H,3-6H2,1-2H3;12*1H4. The first-order chi connectivity index (χ1) is 56.7. The predicted molar refractivity (Wildman–Crippen MR) is 503 cm³/mol. The maximum Gasteiger partial charge on any atom is 0.311 e. The Hall–Kier alpha value is -6.48. The van der Waals surface area contributed by atoms with Crippen LogP contribution >= 0.6 is 0 Å². The van der Waals surface area contributed by atoms with Crippen LogP contribution < -0.4 is 0 Å². The fourth-order valence-corrected chi connectivity index (χ4v) is 24.6. The summed E-state index contributed by atoms with van der Waals surface area (Å²) in [5.41, 5.74) is -0.919. The number of methoxy groups -OCH3 is 1. The van der Waals surface area contributed by atoms with E-state index < -0.39 is 10.8 Å². The van der Waals surface area contributed by atoms with Crippen molar-refractivity contribution in [3.63, 3.8) is 0 Å². The fourth-order valence-electron chi connectivity index (χ4n) is 24.6. The Labute approximate surface area is 790 Å². The molecule has 6 heterocycles. The molecular formula is C104H184O27. The van der Waals surface area contributed by atoms with Gasteiger partial charge >= 0.3 is 71.6 Å². The maximum atomic E-state index is 12.5. The number of carbonyl (C=O) groups is 12. The largest absolute Gasteiger partial charge is 0.465 e. The molecule has 0 aromatic carbocycles. The molecule has 38 atom stereocenters. The summed E-state index contributed by atoms with van der Waals surface area (Å²) in [6.07, 6.45) is 11.0. The van der Waals surface area contributed by atoms with E-state index in [2.05, 4.69) is 6.92 Å². The van der Waals surface area contributed by atoms with Crippen molar-refractivity contribution < 1.29 is 129 Å². The van der Waals surface area contributed by atoms with Crippen LogP contribution in [0.5, 0.6) is 0 Å². The molecule has 27 nitrogen and oxygen atoms in total. The molecule has 6 saturated heterocycles. The van der Waals surface area contributed by atoms with Gasteiger partial charge in [0.15, 0.2) is 0 Å². The first-order valence-electron chi connectivity index (χ1n) is 45.7. The van der Waals surface area contributed by atoms with Crippen molar-refractivity contribution in [2.75, 3.05) is 60.0 Å². The Kier molecular flexibility index (Phi) is 46.8. The molecule has 27 heteroatoms. The van der Waals surface area contributed by atoms with Crippen molar-refractivity contribution >= 4 is 71.6 Å². The molecular weight excluding hydrogens is 1680 g/mol. The van der Waals surface area contributed by atoms with Gasteiger partial charge in [0.05, 0.1) is 128 Å². The van der Waals surface area contributed by atoms with Gasteiger partial charge in [-0.25, -0.2) is 0 Å². The normalized spacial score (nSPS) is 38.2. The number of cyclic esters (lactones) is 6. The SMILES string of the molecule is C.C.C.C.C.C.C.C.C.C.C.C.CCC(C)(C)C(=O)OC1CC2CC1C1C(=O)OCC21.CCC(C)C(=O)OC1C(C)C2CC1C1COC(=O)C21.CCC(C)C(=O)OC1C2CC(C1OC)C1C(=O)OCC21.CCC(C)C(=O)OC1CC2CC1C1C(=O)OCC21.CCOC1C2CC(C3COC(=O)C32)C1OC(=O)C(C)(C)CC.CCOC1C2CC(C3COC(=O)C32)C1OC(=O)C(C)CC. The minimum atomic E-state index is -0.486. The molecule has 0 spiro atoms. The van der Waals surface area contributed by atoms with Gasteiger partial charge in [0.25, 0.3) is 0 Å². The first-order valence-corrected chi connectivity index (χ1v) is 45.7. The van der Waals surface area contributed by atoms with E-state index in [1.54, 1.807) is 7.11 Å². The second kappa shape index (κ2) is 50.0. The van der Waals surface area contributed by atoms with Gasteiger partial charge < -0.3 is 71.1 Å². The number of hydrogen-bond acceptors (Lipinski definition) is 27. The van der Waals surface area contributed by atoms with Crippen molar-refractivity contribution in [2.45, 2.75) is 352 Å². The summed E-state index contributed by atoms with van der Waals surface area (Å²) in [6.45, 7) is 37.3. The molecule has 0 amide bonds. The third kappa shape index (κ3) is 23.0. The van der Waals surface area contributed by atoms with E-state index in [0.29, 0.717) is 88.4 Å². The van der Waals surface area contributed by atoms with Crippen molar-refractivity contribution in [1.82, 2.24) is 0 Å². The van der Waals surface area contributed by atoms with Crippen LogP contribution in [0.25, 0.3) is 0 Å². The van der Waals surface area contributed by atoms with Gasteiger partial charge in [-0.05, 0) is 155 Å². The molecule has 0 aromatic rings. The highest BCUT2D eigenvalue weighted by Gasteiger charge is 2.70. The molecule has 6 aliphatic heterocycles. The summed E-state index contributed by atoms with van der Waals surface area (Å²) in [5, 5.41) is 0. The van der Waals surface area contributed by atoms with Gasteiger partial charge in [0, 0.05) is 109 Å². The maximum absolute atomic E-state index is 12.5. The monoisotopic (exact) mass is 1870 g/mol. The molecule has 18 fully saturated rings. The van der Waals surface area contributed by atoms with Gasteiger partial charge in [-0.2, -0.15) is 0 Å². The number of ether oxygens (including phenoxy) is 15. The van der Waals surface area contributed by atoms with E-state index >= 15 is 0 Å². The van der Waals surface area contributed by atoms with Crippen LogP contribution in [0, 0.1) is 182 Å². The van der Waals surface area contributed by atoms with E-state index in [1.807, 2.05) is 111 Å². The predicted octanol–water partition coefficient (Wildman–Crippen LogP) is 19.0. The molecule has 0 aromatic heterocycles. The Morgan fingerprint density at radius 1 is 0.298 bits per heavy atom. The van der Waals surface area contributed by atoms with E-state index in [4.69, 9.17) is 71.1 Å². The smallest absolute Gasteiger partial charge is 0.311 e. The Balaban J connectivity index is 0.000000773. The molecule has 12 bridgehead atoms. The summed E-state index contributed by atoms with van der Waals surface area (Å²) in [5.74, 6) is 3.38. The van der Waals surface area contributed by atoms with Gasteiger partial charge in [-0.3, -0.25) is 57.5 Å². The van der Waals surface area contributed by atoms with Crippen LogP contribution in [0.2, 0.25) is 0 Å². The van der Waals surface area contributed by atoms with Crippen molar-refractivity contribution in [2.24, 2.45) is 182 Å². The lowest BCUT2D eigenvalue weighted by molar-refractivity contribution is -0.176. The van der Waals surface area contributed by atoms with E-state index in [0.717, 1.165) is 89.9 Å². The van der Waals surface area contributed by atoms with Gasteiger partial charge in [0.2, 0.25) is 0 Å². The number of rotatable bonds is 23. The second-order valence-corrected chi connectivity index (χ2v) is 39.6. The highest BCUT2D eigenvalue weighted by atomic mass is 16.6.